The second kappa shape index (κ2) is 20.0. The molecule has 3 atom stereocenters. The van der Waals surface area contributed by atoms with Gasteiger partial charge in [-0.3, -0.25) is 23.5 Å². The highest BCUT2D eigenvalue weighted by Gasteiger charge is 2.27. The highest BCUT2D eigenvalue weighted by molar-refractivity contribution is 7.92. The molecule has 3 rings (SSSR count). The van der Waals surface area contributed by atoms with Crippen LogP contribution in [0.1, 0.15) is 59.5 Å². The Balaban J connectivity index is 1.91. The summed E-state index contributed by atoms with van der Waals surface area (Å²) in [5.74, 6) is -1.56. The molecule has 0 spiro atoms. The summed E-state index contributed by atoms with van der Waals surface area (Å²) in [6, 6.07) is 21.2. The van der Waals surface area contributed by atoms with Crippen LogP contribution in [0.4, 0.5) is 5.69 Å². The van der Waals surface area contributed by atoms with E-state index in [1.165, 1.54) is 25.2 Å². The molecule has 0 heterocycles. The van der Waals surface area contributed by atoms with E-state index in [4.69, 9.17) is 11.6 Å². The molecule has 0 aliphatic heterocycles. The zero-order valence-corrected chi connectivity index (χ0v) is 32.3. The van der Waals surface area contributed by atoms with Crippen molar-refractivity contribution in [1.29, 1.82) is 0 Å². The van der Waals surface area contributed by atoms with Gasteiger partial charge in [-0.15, -0.1) is 11.6 Å². The minimum absolute atomic E-state index is 0.0763. The lowest BCUT2D eigenvalue weighted by molar-refractivity contribution is -0.130. The van der Waals surface area contributed by atoms with E-state index in [1.54, 1.807) is 11.8 Å². The molecule has 3 aromatic carbocycles. The number of nitrogens with zero attached hydrogens (tertiary/aromatic N) is 2. The smallest absolute Gasteiger partial charge is 0.254 e. The van der Waals surface area contributed by atoms with Crippen LogP contribution in [0.3, 0.4) is 0 Å². The zero-order valence-electron chi connectivity index (χ0n) is 30.7. The van der Waals surface area contributed by atoms with Gasteiger partial charge in [0, 0.05) is 56.3 Å². The van der Waals surface area contributed by atoms with Gasteiger partial charge in [0.15, 0.2) is 0 Å². The van der Waals surface area contributed by atoms with Crippen LogP contribution in [0.2, 0.25) is 0 Å². The molecule has 4 amide bonds. The molecule has 14 heteroatoms. The number of carbonyl (C=O) groups is 4. The van der Waals surface area contributed by atoms with Crippen LogP contribution in [0.15, 0.2) is 78.9 Å². The average molecular weight is 755 g/mol. The fraction of sp³-hybridized carbons (Fsp3) is 0.421. The Morgan fingerprint density at radius 3 is 1.98 bits per heavy atom. The van der Waals surface area contributed by atoms with E-state index >= 15 is 0 Å². The molecule has 12 nitrogen and oxygen atoms in total. The van der Waals surface area contributed by atoms with Crippen LogP contribution in [-0.2, 0) is 32.6 Å². The SMILES string of the molecule is CCNC(=O)[C@@H](NC(=O)[C@H](C)NC[C@H](Cc1ccccc1)NC(=O)c1cc(C(=O)N(CCCl)Cc2ccccc2)cc(N(C)S(C)(=O)=O)c1)C(C)C. The van der Waals surface area contributed by atoms with E-state index < -0.39 is 40.0 Å². The van der Waals surface area contributed by atoms with Crippen molar-refractivity contribution in [2.45, 2.75) is 58.8 Å². The molecule has 0 aliphatic carbocycles. The first kappa shape index (κ1) is 42.0. The van der Waals surface area contributed by atoms with Crippen LogP contribution in [0.25, 0.3) is 0 Å². The Morgan fingerprint density at radius 1 is 0.827 bits per heavy atom. The lowest BCUT2D eigenvalue weighted by Gasteiger charge is -2.26. The van der Waals surface area contributed by atoms with E-state index in [2.05, 4.69) is 21.3 Å². The monoisotopic (exact) mass is 754 g/mol. The Hall–Kier alpha value is -4.46. The topological polar surface area (TPSA) is 157 Å². The quantitative estimate of drug-likeness (QED) is 0.136. The first-order chi connectivity index (χ1) is 24.6. The van der Waals surface area contributed by atoms with Crippen LogP contribution in [0.5, 0.6) is 0 Å². The second-order valence-electron chi connectivity index (χ2n) is 13.0. The summed E-state index contributed by atoms with van der Waals surface area (Å²) >= 11 is 6.08. The molecule has 0 aliphatic rings. The van der Waals surface area contributed by atoms with Gasteiger partial charge in [-0.2, -0.15) is 0 Å². The van der Waals surface area contributed by atoms with Gasteiger partial charge in [0.05, 0.1) is 18.0 Å². The van der Waals surface area contributed by atoms with Crippen LogP contribution >= 0.6 is 11.6 Å². The van der Waals surface area contributed by atoms with Crippen molar-refractivity contribution >= 4 is 50.9 Å². The lowest BCUT2D eigenvalue weighted by Crippen LogP contribution is -2.55. The summed E-state index contributed by atoms with van der Waals surface area (Å²) in [5, 5.41) is 11.8. The highest BCUT2D eigenvalue weighted by Crippen LogP contribution is 2.23. The van der Waals surface area contributed by atoms with E-state index in [1.807, 2.05) is 81.4 Å². The standard InChI is InChI=1S/C38H51ClN6O6S/c1-7-40-37(48)34(26(2)3)43-35(46)27(4)41-24-32(20-28-14-10-8-11-15-28)42-36(47)30-21-31(23-33(22-30)44(5)52(6,50)51)38(49)45(19-18-39)25-29-16-12-9-13-17-29/h8-17,21-23,26-27,32,34,41H,7,18-20,24-25H2,1-6H3,(H,40,48)(H,42,47)(H,43,46)/t27-,32-,34-/m0/s1. The maximum Gasteiger partial charge on any atom is 0.254 e. The Labute approximate surface area is 312 Å². The van der Waals surface area contributed by atoms with Gasteiger partial charge in [-0.25, -0.2) is 8.42 Å². The third-order valence-corrected chi connectivity index (χ3v) is 9.84. The third-order valence-electron chi connectivity index (χ3n) is 8.47. The number of alkyl halides is 1. The summed E-state index contributed by atoms with van der Waals surface area (Å²) in [7, 11) is -2.40. The molecular weight excluding hydrogens is 704 g/mol. The van der Waals surface area contributed by atoms with Crippen molar-refractivity contribution in [3.63, 3.8) is 0 Å². The number of hydrogen-bond acceptors (Lipinski definition) is 7. The number of likely N-dealkylation sites (N-methyl/N-ethyl adjacent to an activating group) is 1. The lowest BCUT2D eigenvalue weighted by atomic mass is 10.0. The minimum atomic E-state index is -3.75. The summed E-state index contributed by atoms with van der Waals surface area (Å²) in [4.78, 5) is 55.2. The van der Waals surface area contributed by atoms with Crippen molar-refractivity contribution < 1.29 is 27.6 Å². The van der Waals surface area contributed by atoms with Crippen molar-refractivity contribution in [2.75, 3.05) is 43.1 Å². The Bertz CT molecular complexity index is 1760. The zero-order chi connectivity index (χ0) is 38.4. The molecular formula is C38H51ClN6O6S. The van der Waals surface area contributed by atoms with Gasteiger partial charge in [-0.1, -0.05) is 74.5 Å². The maximum atomic E-state index is 14.0. The molecule has 0 fully saturated rings. The molecule has 3 aromatic rings. The second-order valence-corrected chi connectivity index (χ2v) is 15.4. The number of amides is 4. The predicted octanol–water partition coefficient (Wildman–Crippen LogP) is 3.56. The summed E-state index contributed by atoms with van der Waals surface area (Å²) in [5.41, 5.74) is 2.15. The van der Waals surface area contributed by atoms with Gasteiger partial charge in [0.2, 0.25) is 21.8 Å². The van der Waals surface area contributed by atoms with Crippen LogP contribution < -0.4 is 25.6 Å². The molecule has 0 unspecified atom stereocenters. The molecule has 0 bridgehead atoms. The van der Waals surface area contributed by atoms with E-state index in [9.17, 15) is 27.6 Å². The van der Waals surface area contributed by atoms with Gasteiger partial charge >= 0.3 is 0 Å². The fourth-order valence-electron chi connectivity index (χ4n) is 5.43. The first-order valence-electron chi connectivity index (χ1n) is 17.3. The van der Waals surface area contributed by atoms with Crippen molar-refractivity contribution in [3.05, 3.63) is 101 Å². The minimum Gasteiger partial charge on any atom is -0.355 e. The maximum absolute atomic E-state index is 14.0. The van der Waals surface area contributed by atoms with Crippen molar-refractivity contribution in [2.24, 2.45) is 5.92 Å². The summed E-state index contributed by atoms with van der Waals surface area (Å²) in [6.45, 7) is 8.29. The number of carbonyl (C=O) groups excluding carboxylic acids is 4. The predicted molar refractivity (Wildman–Crippen MR) is 206 cm³/mol. The number of sulfonamides is 1. The third kappa shape index (κ3) is 12.6. The first-order valence-corrected chi connectivity index (χ1v) is 19.7. The molecule has 0 saturated carbocycles. The van der Waals surface area contributed by atoms with Crippen molar-refractivity contribution in [1.82, 2.24) is 26.2 Å². The number of halogens is 1. The molecule has 0 aromatic heterocycles. The van der Waals surface area contributed by atoms with E-state index in [0.29, 0.717) is 13.0 Å². The number of benzene rings is 3. The number of rotatable bonds is 19. The molecule has 0 saturated heterocycles. The summed E-state index contributed by atoms with van der Waals surface area (Å²) < 4.78 is 26.2. The Morgan fingerprint density at radius 2 is 1.42 bits per heavy atom. The van der Waals surface area contributed by atoms with Gasteiger partial charge < -0.3 is 26.2 Å². The van der Waals surface area contributed by atoms with Crippen molar-refractivity contribution in [3.8, 4) is 0 Å². The van der Waals surface area contributed by atoms with Gasteiger partial charge in [-0.05, 0) is 55.5 Å². The molecule has 282 valence electrons. The van der Waals surface area contributed by atoms with E-state index in [-0.39, 0.29) is 60.1 Å². The van der Waals surface area contributed by atoms with Gasteiger partial charge in [0.1, 0.15) is 6.04 Å². The molecule has 52 heavy (non-hydrogen) atoms. The summed E-state index contributed by atoms with van der Waals surface area (Å²) in [6.07, 6.45) is 1.44. The number of anilines is 1. The normalized spacial score (nSPS) is 13.1. The van der Waals surface area contributed by atoms with Crippen LogP contribution in [0, 0.1) is 5.92 Å². The van der Waals surface area contributed by atoms with Crippen LogP contribution in [-0.4, -0.2) is 93.9 Å². The largest absolute Gasteiger partial charge is 0.355 e. The Kier molecular flexibility index (Phi) is 16.1. The molecule has 0 radical (unpaired) electrons. The van der Waals surface area contributed by atoms with Gasteiger partial charge in [0.25, 0.3) is 11.8 Å². The number of nitrogens with one attached hydrogen (secondary N) is 4. The average Bonchev–Trinajstić information content (AvgIpc) is 3.11. The highest BCUT2D eigenvalue weighted by atomic mass is 35.5. The van der Waals surface area contributed by atoms with E-state index in [0.717, 1.165) is 21.7 Å². The molecule has 4 N–H and O–H groups in total. The fourth-order valence-corrected chi connectivity index (χ4v) is 6.12. The number of hydrogen-bond donors (Lipinski definition) is 4.